The summed E-state index contributed by atoms with van der Waals surface area (Å²) in [6.45, 7) is 1.42. The molecule has 0 N–H and O–H groups in total. The first-order chi connectivity index (χ1) is 12.1. The van der Waals surface area contributed by atoms with Crippen LogP contribution in [0.2, 0.25) is 0 Å². The Morgan fingerprint density at radius 1 is 1.04 bits per heavy atom. The number of carbonyl (C=O) groups excluding carboxylic acids is 1. The number of aromatic nitrogens is 1. The first-order valence-corrected chi connectivity index (χ1v) is 9.20. The molecule has 1 amide bonds. The smallest absolute Gasteiger partial charge is 0.256 e. The van der Waals surface area contributed by atoms with Crippen LogP contribution in [0.25, 0.3) is 11.3 Å². The van der Waals surface area contributed by atoms with Gasteiger partial charge in [-0.15, -0.1) is 0 Å². The summed E-state index contributed by atoms with van der Waals surface area (Å²) in [6.07, 6.45) is 2.87. The van der Waals surface area contributed by atoms with Crippen LogP contribution < -0.4 is 0 Å². The van der Waals surface area contributed by atoms with Crippen LogP contribution in [-0.4, -0.2) is 21.9 Å². The predicted molar refractivity (Wildman–Crippen MR) is 103 cm³/mol. The third-order valence-corrected chi connectivity index (χ3v) is 5.31. The standard InChI is InChI=1S/C21H19BrN2O/c1-23-11-10-19(20(23)16-5-3-2-4-6-16)21(25)24-12-9-15-7-8-18(22)13-17(15)14-24/h2-8,10-11,13H,9,12,14H2,1H3. The number of rotatable bonds is 2. The molecule has 0 atom stereocenters. The predicted octanol–water partition coefficient (Wildman–Crippen LogP) is 4.65. The summed E-state index contributed by atoms with van der Waals surface area (Å²) in [6, 6.07) is 18.4. The van der Waals surface area contributed by atoms with Gasteiger partial charge in [0.2, 0.25) is 0 Å². The van der Waals surface area contributed by atoms with Crippen molar-refractivity contribution in [3.05, 3.63) is 82.0 Å². The number of fused-ring (bicyclic) bond motifs is 1. The van der Waals surface area contributed by atoms with Crippen LogP contribution in [0, 0.1) is 0 Å². The van der Waals surface area contributed by atoms with Crippen LogP contribution in [0.4, 0.5) is 0 Å². The van der Waals surface area contributed by atoms with Crippen LogP contribution in [0.5, 0.6) is 0 Å². The van der Waals surface area contributed by atoms with Crippen molar-refractivity contribution < 1.29 is 4.79 Å². The molecule has 1 aliphatic rings. The molecule has 4 rings (SSSR count). The zero-order valence-corrected chi connectivity index (χ0v) is 15.7. The second kappa shape index (κ2) is 6.52. The minimum absolute atomic E-state index is 0.102. The molecule has 4 heteroatoms. The highest BCUT2D eigenvalue weighted by Crippen LogP contribution is 2.28. The van der Waals surface area contributed by atoms with Crippen LogP contribution in [-0.2, 0) is 20.0 Å². The molecule has 25 heavy (non-hydrogen) atoms. The molecule has 2 aromatic carbocycles. The Kier molecular flexibility index (Phi) is 4.22. The summed E-state index contributed by atoms with van der Waals surface area (Å²) in [5, 5.41) is 0. The number of carbonyl (C=O) groups is 1. The van der Waals surface area contributed by atoms with Crippen LogP contribution >= 0.6 is 15.9 Å². The second-order valence-corrected chi connectivity index (χ2v) is 7.36. The summed E-state index contributed by atoms with van der Waals surface area (Å²) >= 11 is 3.53. The van der Waals surface area contributed by atoms with E-state index in [4.69, 9.17) is 0 Å². The number of hydrogen-bond acceptors (Lipinski definition) is 1. The summed E-state index contributed by atoms with van der Waals surface area (Å²) in [4.78, 5) is 15.2. The van der Waals surface area contributed by atoms with Crippen molar-refractivity contribution in [2.75, 3.05) is 6.54 Å². The number of benzene rings is 2. The Labute approximate surface area is 156 Å². The topological polar surface area (TPSA) is 25.2 Å². The van der Waals surface area contributed by atoms with Gasteiger partial charge in [0.25, 0.3) is 5.91 Å². The number of amides is 1. The van der Waals surface area contributed by atoms with E-state index >= 15 is 0 Å². The molecule has 0 radical (unpaired) electrons. The monoisotopic (exact) mass is 394 g/mol. The molecule has 0 saturated carbocycles. The van der Waals surface area contributed by atoms with E-state index < -0.39 is 0 Å². The largest absolute Gasteiger partial charge is 0.350 e. The van der Waals surface area contributed by atoms with Gasteiger partial charge in [0, 0.05) is 30.8 Å². The van der Waals surface area contributed by atoms with E-state index in [2.05, 4.69) is 46.3 Å². The molecular weight excluding hydrogens is 376 g/mol. The molecule has 0 unspecified atom stereocenters. The molecular formula is C21H19BrN2O. The summed E-state index contributed by atoms with van der Waals surface area (Å²) < 4.78 is 3.09. The number of hydrogen-bond donors (Lipinski definition) is 0. The first kappa shape index (κ1) is 16.2. The molecule has 126 valence electrons. The lowest BCUT2D eigenvalue weighted by Crippen LogP contribution is -2.36. The first-order valence-electron chi connectivity index (χ1n) is 8.41. The van der Waals surface area contributed by atoms with Crippen LogP contribution in [0.3, 0.4) is 0 Å². The van der Waals surface area contributed by atoms with E-state index in [9.17, 15) is 4.79 Å². The van der Waals surface area contributed by atoms with Crippen molar-refractivity contribution >= 4 is 21.8 Å². The highest BCUT2D eigenvalue weighted by atomic mass is 79.9. The minimum Gasteiger partial charge on any atom is -0.350 e. The van der Waals surface area contributed by atoms with Crippen LogP contribution in [0.1, 0.15) is 21.5 Å². The van der Waals surface area contributed by atoms with Crippen molar-refractivity contribution in [2.24, 2.45) is 7.05 Å². The lowest BCUT2D eigenvalue weighted by Gasteiger charge is -2.29. The van der Waals surface area contributed by atoms with E-state index in [1.54, 1.807) is 0 Å². The maximum atomic E-state index is 13.2. The SMILES string of the molecule is Cn1ccc(C(=O)N2CCc3ccc(Br)cc3C2)c1-c1ccccc1. The van der Waals surface area contributed by atoms with Crippen molar-refractivity contribution in [3.8, 4) is 11.3 Å². The highest BCUT2D eigenvalue weighted by Gasteiger charge is 2.25. The van der Waals surface area contributed by atoms with Gasteiger partial charge in [-0.1, -0.05) is 52.3 Å². The van der Waals surface area contributed by atoms with Gasteiger partial charge in [0.15, 0.2) is 0 Å². The molecule has 2 heterocycles. The van der Waals surface area contributed by atoms with E-state index in [1.807, 2.05) is 47.0 Å². The lowest BCUT2D eigenvalue weighted by molar-refractivity contribution is 0.0735. The average Bonchev–Trinajstić information content (AvgIpc) is 3.02. The van der Waals surface area contributed by atoms with Crippen molar-refractivity contribution in [1.29, 1.82) is 0 Å². The Morgan fingerprint density at radius 2 is 1.84 bits per heavy atom. The Morgan fingerprint density at radius 3 is 2.64 bits per heavy atom. The van der Waals surface area contributed by atoms with Crippen molar-refractivity contribution in [2.45, 2.75) is 13.0 Å². The van der Waals surface area contributed by atoms with Crippen LogP contribution in [0.15, 0.2) is 65.3 Å². The Bertz CT molecular complexity index is 930. The molecule has 1 aromatic heterocycles. The Hall–Kier alpha value is -2.33. The van der Waals surface area contributed by atoms with E-state index in [0.717, 1.165) is 34.3 Å². The quantitative estimate of drug-likeness (QED) is 0.620. The molecule has 0 spiro atoms. The van der Waals surface area contributed by atoms with Gasteiger partial charge in [-0.05, 0) is 41.3 Å². The fourth-order valence-electron chi connectivity index (χ4n) is 3.53. The third-order valence-electron chi connectivity index (χ3n) is 4.82. The fourth-order valence-corrected chi connectivity index (χ4v) is 3.94. The van der Waals surface area contributed by atoms with E-state index in [1.165, 1.54) is 11.1 Å². The molecule has 3 aromatic rings. The number of nitrogens with zero attached hydrogens (tertiary/aromatic N) is 2. The van der Waals surface area contributed by atoms with Gasteiger partial charge >= 0.3 is 0 Å². The summed E-state index contributed by atoms with van der Waals surface area (Å²) in [5.74, 6) is 0.102. The Balaban J connectivity index is 1.67. The zero-order chi connectivity index (χ0) is 17.4. The van der Waals surface area contributed by atoms with E-state index in [-0.39, 0.29) is 5.91 Å². The van der Waals surface area contributed by atoms with Gasteiger partial charge in [0.1, 0.15) is 0 Å². The van der Waals surface area contributed by atoms with Gasteiger partial charge in [-0.3, -0.25) is 4.79 Å². The molecule has 1 aliphatic heterocycles. The fraction of sp³-hybridized carbons (Fsp3) is 0.190. The van der Waals surface area contributed by atoms with E-state index in [0.29, 0.717) is 6.54 Å². The normalized spacial score (nSPS) is 13.6. The number of halogens is 1. The maximum absolute atomic E-state index is 13.2. The van der Waals surface area contributed by atoms with Gasteiger partial charge < -0.3 is 9.47 Å². The average molecular weight is 395 g/mol. The summed E-state index contributed by atoms with van der Waals surface area (Å²) in [7, 11) is 1.99. The third kappa shape index (κ3) is 3.02. The second-order valence-electron chi connectivity index (χ2n) is 6.44. The van der Waals surface area contributed by atoms with Gasteiger partial charge in [-0.2, -0.15) is 0 Å². The van der Waals surface area contributed by atoms with Gasteiger partial charge in [-0.25, -0.2) is 0 Å². The molecule has 0 aliphatic carbocycles. The van der Waals surface area contributed by atoms with Crippen molar-refractivity contribution in [1.82, 2.24) is 9.47 Å². The molecule has 0 bridgehead atoms. The molecule has 0 fully saturated rings. The zero-order valence-electron chi connectivity index (χ0n) is 14.1. The maximum Gasteiger partial charge on any atom is 0.256 e. The van der Waals surface area contributed by atoms with Gasteiger partial charge in [0.05, 0.1) is 11.3 Å². The van der Waals surface area contributed by atoms with Crippen molar-refractivity contribution in [3.63, 3.8) is 0 Å². The number of aryl methyl sites for hydroxylation is 1. The molecule has 0 saturated heterocycles. The summed E-state index contributed by atoms with van der Waals surface area (Å²) in [5.41, 5.74) is 5.38. The highest BCUT2D eigenvalue weighted by molar-refractivity contribution is 9.10. The molecule has 3 nitrogen and oxygen atoms in total. The lowest BCUT2D eigenvalue weighted by atomic mass is 9.99. The minimum atomic E-state index is 0.102.